The molecule has 1 aromatic rings. The predicted molar refractivity (Wildman–Crippen MR) is 56.1 cm³/mol. The highest BCUT2D eigenvalue weighted by atomic mass is 32.2. The highest BCUT2D eigenvalue weighted by Crippen LogP contribution is 2.21. The molecule has 0 spiro atoms. The van der Waals surface area contributed by atoms with Gasteiger partial charge in [-0.3, -0.25) is 4.79 Å². The van der Waals surface area contributed by atoms with E-state index >= 15 is 0 Å². The zero-order chi connectivity index (χ0) is 11.8. The fourth-order valence-electron chi connectivity index (χ4n) is 1.26. The normalized spacial score (nSPS) is 18.4. The van der Waals surface area contributed by atoms with Crippen molar-refractivity contribution in [2.24, 2.45) is 0 Å². The molecule has 1 aromatic heterocycles. The van der Waals surface area contributed by atoms with Gasteiger partial charge in [0.1, 0.15) is 0 Å². The van der Waals surface area contributed by atoms with E-state index < -0.39 is 10.0 Å². The maximum atomic E-state index is 11.9. The van der Waals surface area contributed by atoms with Gasteiger partial charge in [0.15, 0.2) is 0 Å². The molecule has 2 rings (SSSR count). The second-order valence-corrected chi connectivity index (χ2v) is 6.22. The van der Waals surface area contributed by atoms with Crippen LogP contribution in [0.2, 0.25) is 0 Å². The van der Waals surface area contributed by atoms with Crippen LogP contribution in [-0.2, 0) is 14.8 Å². The van der Waals surface area contributed by atoms with Gasteiger partial charge in [-0.2, -0.15) is 4.31 Å². The summed E-state index contributed by atoms with van der Waals surface area (Å²) >= 11 is 0.784. The number of amides is 1. The summed E-state index contributed by atoms with van der Waals surface area (Å²) in [6.07, 6.45) is 0. The van der Waals surface area contributed by atoms with Crippen LogP contribution in [0.15, 0.2) is 4.34 Å². The Kier molecular flexibility index (Phi) is 2.78. The van der Waals surface area contributed by atoms with E-state index in [9.17, 15) is 13.2 Å². The lowest BCUT2D eigenvalue weighted by atomic mass is 10.4. The van der Waals surface area contributed by atoms with Crippen molar-refractivity contribution in [1.29, 1.82) is 0 Å². The van der Waals surface area contributed by atoms with Crippen molar-refractivity contribution >= 4 is 32.4 Å². The van der Waals surface area contributed by atoms with Crippen LogP contribution >= 0.6 is 11.3 Å². The second-order valence-electron chi connectivity index (χ2n) is 3.09. The number of nitrogens with one attached hydrogen (secondary N) is 1. The maximum absolute atomic E-state index is 11.9. The first kappa shape index (κ1) is 11.2. The number of nitrogens with two attached hydrogens (primary N) is 1. The Morgan fingerprint density at radius 2 is 2.19 bits per heavy atom. The van der Waals surface area contributed by atoms with Gasteiger partial charge in [-0.15, -0.1) is 10.2 Å². The first-order valence-electron chi connectivity index (χ1n) is 4.36. The molecular formula is C6H9N5O3S2. The predicted octanol–water partition coefficient (Wildman–Crippen LogP) is -1.76. The first-order valence-corrected chi connectivity index (χ1v) is 6.61. The summed E-state index contributed by atoms with van der Waals surface area (Å²) in [6.45, 7) is 0.335. The Morgan fingerprint density at radius 1 is 1.44 bits per heavy atom. The Hall–Kier alpha value is -1.26. The van der Waals surface area contributed by atoms with E-state index in [4.69, 9.17) is 5.73 Å². The van der Waals surface area contributed by atoms with E-state index in [1.54, 1.807) is 0 Å². The Morgan fingerprint density at radius 3 is 2.75 bits per heavy atom. The van der Waals surface area contributed by atoms with Crippen molar-refractivity contribution in [2.45, 2.75) is 4.34 Å². The van der Waals surface area contributed by atoms with Crippen molar-refractivity contribution in [2.75, 3.05) is 25.4 Å². The van der Waals surface area contributed by atoms with Crippen LogP contribution in [0.1, 0.15) is 0 Å². The standard InChI is InChI=1S/C6H9N5O3S2/c7-5-9-10-6(15-5)16(13,14)11-2-1-8-4(12)3-11/h1-3H2,(H2,7,9)(H,8,12). The van der Waals surface area contributed by atoms with E-state index in [1.807, 2.05) is 0 Å². The minimum Gasteiger partial charge on any atom is -0.374 e. The van der Waals surface area contributed by atoms with Gasteiger partial charge >= 0.3 is 0 Å². The van der Waals surface area contributed by atoms with Gasteiger partial charge in [0.05, 0.1) is 6.54 Å². The Bertz CT molecular complexity index is 510. The molecule has 1 aliphatic rings. The number of hydrogen-bond acceptors (Lipinski definition) is 7. The highest BCUT2D eigenvalue weighted by molar-refractivity contribution is 7.91. The number of piperazine rings is 1. The summed E-state index contributed by atoms with van der Waals surface area (Å²) in [5.41, 5.74) is 5.31. The van der Waals surface area contributed by atoms with Gasteiger partial charge in [0.2, 0.25) is 15.4 Å². The Balaban J connectivity index is 2.28. The van der Waals surface area contributed by atoms with Crippen molar-refractivity contribution in [3.63, 3.8) is 0 Å². The largest absolute Gasteiger partial charge is 0.374 e. The van der Waals surface area contributed by atoms with E-state index in [2.05, 4.69) is 15.5 Å². The molecule has 0 unspecified atom stereocenters. The average molecular weight is 263 g/mol. The number of carbonyl (C=O) groups is 1. The van der Waals surface area contributed by atoms with Crippen molar-refractivity contribution in [3.8, 4) is 0 Å². The topological polar surface area (TPSA) is 118 Å². The van der Waals surface area contributed by atoms with Gasteiger partial charge in [-0.25, -0.2) is 8.42 Å². The third kappa shape index (κ3) is 1.99. The summed E-state index contributed by atoms with van der Waals surface area (Å²) in [5.74, 6) is -0.327. The molecular weight excluding hydrogens is 254 g/mol. The van der Waals surface area contributed by atoms with Crippen LogP contribution in [-0.4, -0.2) is 48.5 Å². The molecule has 1 fully saturated rings. The molecule has 3 N–H and O–H groups in total. The molecule has 0 aromatic carbocycles. The van der Waals surface area contributed by atoms with Crippen molar-refractivity contribution < 1.29 is 13.2 Å². The molecule has 88 valence electrons. The molecule has 1 saturated heterocycles. The molecule has 16 heavy (non-hydrogen) atoms. The lowest BCUT2D eigenvalue weighted by Gasteiger charge is -2.24. The lowest BCUT2D eigenvalue weighted by molar-refractivity contribution is -0.122. The quantitative estimate of drug-likeness (QED) is 0.652. The van der Waals surface area contributed by atoms with E-state index in [1.165, 1.54) is 0 Å². The van der Waals surface area contributed by atoms with Gasteiger partial charge in [0, 0.05) is 13.1 Å². The molecule has 0 atom stereocenters. The Labute approximate surface area is 95.5 Å². The number of hydrogen-bond donors (Lipinski definition) is 2. The molecule has 0 saturated carbocycles. The number of nitrogen functional groups attached to an aromatic ring is 1. The van der Waals surface area contributed by atoms with Gasteiger partial charge in [0.25, 0.3) is 10.0 Å². The molecule has 1 amide bonds. The lowest BCUT2D eigenvalue weighted by Crippen LogP contribution is -2.49. The third-order valence-electron chi connectivity index (χ3n) is 1.99. The van der Waals surface area contributed by atoms with Gasteiger partial charge in [-0.05, 0) is 0 Å². The summed E-state index contributed by atoms with van der Waals surface area (Å²) in [5, 5.41) is 9.53. The first-order chi connectivity index (χ1) is 7.50. The monoisotopic (exact) mass is 263 g/mol. The zero-order valence-corrected chi connectivity index (χ0v) is 9.71. The van der Waals surface area contributed by atoms with Crippen LogP contribution < -0.4 is 11.1 Å². The van der Waals surface area contributed by atoms with Gasteiger partial charge in [-0.1, -0.05) is 11.3 Å². The van der Waals surface area contributed by atoms with Crippen LogP contribution in [0.25, 0.3) is 0 Å². The van der Waals surface area contributed by atoms with E-state index in [-0.39, 0.29) is 28.5 Å². The zero-order valence-electron chi connectivity index (χ0n) is 8.08. The average Bonchev–Trinajstić information content (AvgIpc) is 2.65. The summed E-state index contributed by atoms with van der Waals surface area (Å²) in [7, 11) is -3.74. The number of anilines is 1. The summed E-state index contributed by atoms with van der Waals surface area (Å²) in [6, 6.07) is 0. The number of sulfonamides is 1. The molecule has 0 aliphatic carbocycles. The fraction of sp³-hybridized carbons (Fsp3) is 0.500. The minimum atomic E-state index is -3.74. The number of aromatic nitrogens is 2. The third-order valence-corrected chi connectivity index (χ3v) is 4.93. The van der Waals surface area contributed by atoms with Gasteiger partial charge < -0.3 is 11.1 Å². The van der Waals surface area contributed by atoms with Crippen molar-refractivity contribution in [1.82, 2.24) is 19.8 Å². The van der Waals surface area contributed by atoms with Crippen LogP contribution in [0, 0.1) is 0 Å². The maximum Gasteiger partial charge on any atom is 0.272 e. The number of nitrogens with zero attached hydrogens (tertiary/aromatic N) is 3. The smallest absolute Gasteiger partial charge is 0.272 e. The summed E-state index contributed by atoms with van der Waals surface area (Å²) < 4.78 is 24.8. The fourth-order valence-corrected chi connectivity index (χ4v) is 3.57. The highest BCUT2D eigenvalue weighted by Gasteiger charge is 2.31. The van der Waals surface area contributed by atoms with Crippen molar-refractivity contribution in [3.05, 3.63) is 0 Å². The number of carbonyl (C=O) groups excluding carboxylic acids is 1. The molecule has 1 aliphatic heterocycles. The minimum absolute atomic E-state index is 0.0834. The molecule has 0 bridgehead atoms. The SMILES string of the molecule is Nc1nnc(S(=O)(=O)N2CCNC(=O)C2)s1. The van der Waals surface area contributed by atoms with E-state index in [0.29, 0.717) is 6.54 Å². The molecule has 2 heterocycles. The van der Waals surface area contributed by atoms with Crippen LogP contribution in [0.3, 0.4) is 0 Å². The molecule has 10 heteroatoms. The van der Waals surface area contributed by atoms with Crippen LogP contribution in [0.4, 0.5) is 5.13 Å². The van der Waals surface area contributed by atoms with E-state index in [0.717, 1.165) is 15.6 Å². The molecule has 0 radical (unpaired) electrons. The number of rotatable bonds is 2. The summed E-state index contributed by atoms with van der Waals surface area (Å²) in [4.78, 5) is 11.1. The van der Waals surface area contributed by atoms with Crippen LogP contribution in [0.5, 0.6) is 0 Å². The molecule has 8 nitrogen and oxygen atoms in total. The second kappa shape index (κ2) is 3.96.